The van der Waals surface area contributed by atoms with Crippen molar-refractivity contribution in [3.63, 3.8) is 0 Å². The molecule has 1 fully saturated rings. The molecule has 0 saturated carbocycles. The number of aliphatic carboxylic acids is 1. The highest BCUT2D eigenvalue weighted by atomic mass is 32.2. The third kappa shape index (κ3) is 3.22. The Morgan fingerprint density at radius 1 is 1.38 bits per heavy atom. The second kappa shape index (κ2) is 6.91. The molecule has 1 aliphatic heterocycles. The van der Waals surface area contributed by atoms with Gasteiger partial charge in [-0.3, -0.25) is 9.59 Å². The van der Waals surface area contributed by atoms with Crippen LogP contribution < -0.4 is 10.7 Å². The summed E-state index contributed by atoms with van der Waals surface area (Å²) in [4.78, 5) is 36.4. The number of aryl methyl sites for hydroxylation is 1. The molecule has 9 heteroatoms. The number of amides is 1. The van der Waals surface area contributed by atoms with Crippen LogP contribution in [0.1, 0.15) is 22.6 Å². The molecule has 0 bridgehead atoms. The monoisotopic (exact) mass is 377 g/mol. The number of nitrogens with zero attached hydrogens (tertiary/aromatic N) is 2. The zero-order valence-corrected chi connectivity index (χ0v) is 14.7. The van der Waals surface area contributed by atoms with E-state index in [2.05, 4.69) is 10.4 Å². The first-order chi connectivity index (χ1) is 12.3. The van der Waals surface area contributed by atoms with Gasteiger partial charge in [0.2, 0.25) is 5.43 Å². The maximum Gasteiger partial charge on any atom is 0.330 e. The largest absolute Gasteiger partial charge is 0.479 e. The standard InChI is InChI=1S/C17H16FN3O4S/c1-10-8-13(22)14(20-21(10)12-5-3-2-4-11(12)18)15(23)19-17(16(24)25)6-7-26-9-17/h2-5,8H,6-7,9H2,1H3,(H,19,23)(H,24,25). The molecule has 136 valence electrons. The number of halogens is 1. The van der Waals surface area contributed by atoms with Gasteiger partial charge in [-0.15, -0.1) is 0 Å². The molecule has 0 spiro atoms. The van der Waals surface area contributed by atoms with Crippen molar-refractivity contribution in [2.45, 2.75) is 18.9 Å². The summed E-state index contributed by atoms with van der Waals surface area (Å²) in [5.74, 6) is -1.80. The Bertz CT molecular complexity index is 938. The number of benzene rings is 1. The van der Waals surface area contributed by atoms with Crippen LogP contribution in [0.5, 0.6) is 0 Å². The van der Waals surface area contributed by atoms with Crippen LogP contribution in [0.3, 0.4) is 0 Å². The summed E-state index contributed by atoms with van der Waals surface area (Å²) in [6.07, 6.45) is 0.256. The van der Waals surface area contributed by atoms with Gasteiger partial charge in [-0.2, -0.15) is 16.9 Å². The van der Waals surface area contributed by atoms with Gasteiger partial charge in [0.15, 0.2) is 5.69 Å². The van der Waals surface area contributed by atoms with E-state index in [-0.39, 0.29) is 17.9 Å². The van der Waals surface area contributed by atoms with Crippen LogP contribution in [-0.4, -0.2) is 43.8 Å². The minimum Gasteiger partial charge on any atom is -0.479 e. The van der Waals surface area contributed by atoms with E-state index in [4.69, 9.17) is 0 Å². The van der Waals surface area contributed by atoms with Crippen molar-refractivity contribution >= 4 is 23.6 Å². The Balaban J connectivity index is 2.02. The maximum atomic E-state index is 14.1. The number of thioether (sulfide) groups is 1. The van der Waals surface area contributed by atoms with Gasteiger partial charge in [0, 0.05) is 17.5 Å². The number of carboxylic acids is 1. The number of carbonyl (C=O) groups excluding carboxylic acids is 1. The van der Waals surface area contributed by atoms with E-state index in [0.29, 0.717) is 11.4 Å². The fourth-order valence-corrected chi connectivity index (χ4v) is 4.06. The normalized spacial score (nSPS) is 19.3. The second-order valence-corrected chi connectivity index (χ2v) is 7.11. The van der Waals surface area contributed by atoms with Crippen LogP contribution in [0, 0.1) is 12.7 Å². The number of hydrogen-bond acceptors (Lipinski definition) is 5. The summed E-state index contributed by atoms with van der Waals surface area (Å²) in [6.45, 7) is 1.56. The van der Waals surface area contributed by atoms with E-state index in [9.17, 15) is 23.9 Å². The van der Waals surface area contributed by atoms with E-state index in [0.717, 1.165) is 4.68 Å². The number of hydrogen-bond donors (Lipinski definition) is 2. The molecule has 1 unspecified atom stereocenters. The molecule has 1 aromatic carbocycles. The maximum absolute atomic E-state index is 14.1. The Kier molecular flexibility index (Phi) is 4.82. The molecule has 1 amide bonds. The van der Waals surface area contributed by atoms with Gasteiger partial charge in [-0.05, 0) is 31.2 Å². The first-order valence-corrected chi connectivity index (χ1v) is 8.99. The van der Waals surface area contributed by atoms with E-state index in [1.807, 2.05) is 0 Å². The topological polar surface area (TPSA) is 101 Å². The van der Waals surface area contributed by atoms with Gasteiger partial charge in [-0.25, -0.2) is 13.9 Å². The van der Waals surface area contributed by atoms with Crippen LogP contribution >= 0.6 is 11.8 Å². The lowest BCUT2D eigenvalue weighted by Gasteiger charge is -2.24. The lowest BCUT2D eigenvalue weighted by molar-refractivity contribution is -0.143. The minimum atomic E-state index is -1.43. The van der Waals surface area contributed by atoms with Gasteiger partial charge < -0.3 is 10.4 Å². The zero-order chi connectivity index (χ0) is 18.9. The van der Waals surface area contributed by atoms with E-state index in [1.165, 1.54) is 36.0 Å². The molecule has 1 aromatic heterocycles. The number of carboxylic acid groups (broad SMARTS) is 1. The van der Waals surface area contributed by atoms with Crippen molar-refractivity contribution in [2.24, 2.45) is 0 Å². The molecule has 2 N–H and O–H groups in total. The minimum absolute atomic E-state index is 0.0865. The molecule has 1 saturated heterocycles. The van der Waals surface area contributed by atoms with Crippen molar-refractivity contribution in [1.82, 2.24) is 15.1 Å². The first-order valence-electron chi connectivity index (χ1n) is 7.83. The quantitative estimate of drug-likeness (QED) is 0.835. The average Bonchev–Trinajstić information content (AvgIpc) is 3.05. The molecule has 0 radical (unpaired) electrons. The molecular weight excluding hydrogens is 361 g/mol. The zero-order valence-electron chi connectivity index (χ0n) is 13.9. The van der Waals surface area contributed by atoms with Crippen molar-refractivity contribution in [1.29, 1.82) is 0 Å². The Labute approximate surface area is 152 Å². The molecule has 0 aliphatic carbocycles. The van der Waals surface area contributed by atoms with Gasteiger partial charge in [0.1, 0.15) is 17.0 Å². The smallest absolute Gasteiger partial charge is 0.330 e. The second-order valence-electron chi connectivity index (χ2n) is 6.01. The highest BCUT2D eigenvalue weighted by Gasteiger charge is 2.44. The third-order valence-electron chi connectivity index (χ3n) is 4.19. The molecule has 7 nitrogen and oxygen atoms in total. The van der Waals surface area contributed by atoms with Crippen LogP contribution in [0.4, 0.5) is 4.39 Å². The predicted molar refractivity (Wildman–Crippen MR) is 94.3 cm³/mol. The third-order valence-corrected chi connectivity index (χ3v) is 5.38. The molecular formula is C17H16FN3O4S. The van der Waals surface area contributed by atoms with Gasteiger partial charge in [0.25, 0.3) is 5.91 Å². The molecule has 3 rings (SSSR count). The predicted octanol–water partition coefficient (Wildman–Crippen LogP) is 1.37. The molecule has 1 atom stereocenters. The summed E-state index contributed by atoms with van der Waals surface area (Å²) < 4.78 is 15.2. The first kappa shape index (κ1) is 18.1. The van der Waals surface area contributed by atoms with Crippen molar-refractivity contribution in [3.05, 3.63) is 57.8 Å². The van der Waals surface area contributed by atoms with Crippen LogP contribution in [-0.2, 0) is 4.79 Å². The SMILES string of the molecule is Cc1cc(=O)c(C(=O)NC2(C(=O)O)CCSC2)nn1-c1ccccc1F. The number of para-hydroxylation sites is 1. The summed E-state index contributed by atoms with van der Waals surface area (Å²) in [5.41, 5.74) is -2.12. The molecule has 1 aliphatic rings. The van der Waals surface area contributed by atoms with Crippen molar-refractivity contribution in [2.75, 3.05) is 11.5 Å². The van der Waals surface area contributed by atoms with Gasteiger partial charge in [-0.1, -0.05) is 12.1 Å². The van der Waals surface area contributed by atoms with Crippen LogP contribution in [0.25, 0.3) is 5.69 Å². The number of nitrogens with one attached hydrogen (secondary N) is 1. The Morgan fingerprint density at radius 2 is 2.12 bits per heavy atom. The highest BCUT2D eigenvalue weighted by molar-refractivity contribution is 7.99. The van der Waals surface area contributed by atoms with Gasteiger partial charge >= 0.3 is 5.97 Å². The fourth-order valence-electron chi connectivity index (χ4n) is 2.73. The van der Waals surface area contributed by atoms with E-state index >= 15 is 0 Å². The highest BCUT2D eigenvalue weighted by Crippen LogP contribution is 2.28. The Hall–Kier alpha value is -2.68. The van der Waals surface area contributed by atoms with Crippen LogP contribution in [0.15, 0.2) is 35.1 Å². The molecule has 26 heavy (non-hydrogen) atoms. The van der Waals surface area contributed by atoms with Gasteiger partial charge in [0.05, 0.1) is 0 Å². The summed E-state index contributed by atoms with van der Waals surface area (Å²) >= 11 is 1.41. The number of rotatable bonds is 4. The van der Waals surface area contributed by atoms with E-state index in [1.54, 1.807) is 13.0 Å². The molecule has 2 heterocycles. The lowest BCUT2D eigenvalue weighted by Crippen LogP contribution is -2.55. The lowest BCUT2D eigenvalue weighted by atomic mass is 9.99. The van der Waals surface area contributed by atoms with Crippen LogP contribution in [0.2, 0.25) is 0 Å². The Morgan fingerprint density at radius 3 is 2.73 bits per heavy atom. The van der Waals surface area contributed by atoms with Crippen molar-refractivity contribution in [3.8, 4) is 5.69 Å². The summed E-state index contributed by atoms with van der Waals surface area (Å²) in [7, 11) is 0. The summed E-state index contributed by atoms with van der Waals surface area (Å²) in [5, 5.41) is 15.9. The molecule has 2 aromatic rings. The average molecular weight is 377 g/mol. The number of aromatic nitrogens is 2. The number of carbonyl (C=O) groups is 2. The van der Waals surface area contributed by atoms with E-state index < -0.39 is 34.4 Å². The summed E-state index contributed by atoms with van der Waals surface area (Å²) in [6, 6.07) is 6.99. The van der Waals surface area contributed by atoms with Crippen molar-refractivity contribution < 1.29 is 19.1 Å². The fraction of sp³-hybridized carbons (Fsp3) is 0.294.